The Labute approximate surface area is 132 Å². The maximum absolute atomic E-state index is 12.1. The van der Waals surface area contributed by atoms with Gasteiger partial charge in [-0.25, -0.2) is 0 Å². The van der Waals surface area contributed by atoms with Gasteiger partial charge in [-0.1, -0.05) is 30.3 Å². The molecule has 2 rings (SSSR count). The minimum atomic E-state index is 0.195. The first kappa shape index (κ1) is 16.4. The Kier molecular flexibility index (Phi) is 7.10. The summed E-state index contributed by atoms with van der Waals surface area (Å²) in [4.78, 5) is 14.3. The zero-order chi connectivity index (χ0) is 14.9. The average molecular weight is 306 g/mol. The van der Waals surface area contributed by atoms with Gasteiger partial charge in [0.1, 0.15) is 0 Å². The molecular formula is C17H26N2OS. The molecule has 1 aliphatic heterocycles. The molecule has 1 aliphatic rings. The fourth-order valence-electron chi connectivity index (χ4n) is 2.67. The molecule has 0 radical (unpaired) electrons. The van der Waals surface area contributed by atoms with Crippen LogP contribution in [0.2, 0.25) is 0 Å². The highest BCUT2D eigenvalue weighted by atomic mass is 32.2. The Morgan fingerprint density at radius 2 is 2.19 bits per heavy atom. The number of rotatable bonds is 7. The van der Waals surface area contributed by atoms with Gasteiger partial charge in [0, 0.05) is 18.8 Å². The zero-order valence-corrected chi connectivity index (χ0v) is 13.7. The first-order valence-electron chi connectivity index (χ1n) is 7.83. The number of likely N-dealkylation sites (tertiary alicyclic amines) is 1. The minimum Gasteiger partial charge on any atom is -0.356 e. The summed E-state index contributed by atoms with van der Waals surface area (Å²) in [6.45, 7) is 2.84. The summed E-state index contributed by atoms with van der Waals surface area (Å²) in [6.07, 6.45) is 3.23. The summed E-state index contributed by atoms with van der Waals surface area (Å²) in [7, 11) is 2.10. The van der Waals surface area contributed by atoms with Gasteiger partial charge in [-0.05, 0) is 44.2 Å². The lowest BCUT2D eigenvalue weighted by molar-refractivity contribution is -0.126. The van der Waals surface area contributed by atoms with Crippen LogP contribution in [0, 0.1) is 5.92 Å². The number of piperidine rings is 1. The largest absolute Gasteiger partial charge is 0.356 e. The molecule has 1 amide bonds. The summed E-state index contributed by atoms with van der Waals surface area (Å²) >= 11 is 1.93. The second kappa shape index (κ2) is 9.11. The van der Waals surface area contributed by atoms with Gasteiger partial charge >= 0.3 is 0 Å². The van der Waals surface area contributed by atoms with E-state index in [1.54, 1.807) is 0 Å². The average Bonchev–Trinajstić information content (AvgIpc) is 2.51. The first-order valence-corrected chi connectivity index (χ1v) is 8.99. The molecule has 0 spiro atoms. The molecule has 1 fully saturated rings. The Morgan fingerprint density at radius 3 is 2.95 bits per heavy atom. The fourth-order valence-corrected chi connectivity index (χ4v) is 3.60. The molecule has 0 aliphatic carbocycles. The van der Waals surface area contributed by atoms with E-state index in [-0.39, 0.29) is 11.8 Å². The molecule has 0 saturated carbocycles. The van der Waals surface area contributed by atoms with Crippen molar-refractivity contribution in [3.63, 3.8) is 0 Å². The molecule has 116 valence electrons. The molecule has 0 bridgehead atoms. The summed E-state index contributed by atoms with van der Waals surface area (Å²) in [5.41, 5.74) is 1.37. The minimum absolute atomic E-state index is 0.195. The fraction of sp³-hybridized carbons (Fsp3) is 0.588. The van der Waals surface area contributed by atoms with E-state index in [2.05, 4.69) is 41.5 Å². The SMILES string of the molecule is CN1CCCC(C(=O)NCCCSCc2ccccc2)C1. The van der Waals surface area contributed by atoms with Crippen molar-refractivity contribution < 1.29 is 4.79 Å². The topological polar surface area (TPSA) is 32.3 Å². The highest BCUT2D eigenvalue weighted by Crippen LogP contribution is 2.15. The molecule has 1 saturated heterocycles. The molecule has 1 atom stereocenters. The van der Waals surface area contributed by atoms with E-state index in [1.165, 1.54) is 5.56 Å². The van der Waals surface area contributed by atoms with E-state index >= 15 is 0 Å². The maximum Gasteiger partial charge on any atom is 0.224 e. The number of hydrogen-bond donors (Lipinski definition) is 1. The van der Waals surface area contributed by atoms with E-state index < -0.39 is 0 Å². The normalized spacial score (nSPS) is 19.4. The van der Waals surface area contributed by atoms with E-state index in [9.17, 15) is 4.79 Å². The van der Waals surface area contributed by atoms with Gasteiger partial charge in [-0.2, -0.15) is 11.8 Å². The molecule has 1 unspecified atom stereocenters. The van der Waals surface area contributed by atoms with Gasteiger partial charge in [0.25, 0.3) is 0 Å². The quantitative estimate of drug-likeness (QED) is 0.786. The molecule has 1 aromatic carbocycles. The van der Waals surface area contributed by atoms with E-state index in [4.69, 9.17) is 0 Å². The Bertz CT molecular complexity index is 424. The van der Waals surface area contributed by atoms with Crippen molar-refractivity contribution in [3.05, 3.63) is 35.9 Å². The monoisotopic (exact) mass is 306 g/mol. The van der Waals surface area contributed by atoms with Crippen LogP contribution in [-0.2, 0) is 10.5 Å². The number of thioether (sulfide) groups is 1. The second-order valence-electron chi connectivity index (χ2n) is 5.78. The Balaban J connectivity index is 1.52. The van der Waals surface area contributed by atoms with Crippen LogP contribution in [0.3, 0.4) is 0 Å². The number of carbonyl (C=O) groups is 1. The van der Waals surface area contributed by atoms with Crippen molar-refractivity contribution in [2.24, 2.45) is 5.92 Å². The van der Waals surface area contributed by atoms with Gasteiger partial charge in [-0.15, -0.1) is 0 Å². The molecular weight excluding hydrogens is 280 g/mol. The number of amides is 1. The zero-order valence-electron chi connectivity index (χ0n) is 12.9. The van der Waals surface area contributed by atoms with Gasteiger partial charge in [0.2, 0.25) is 5.91 Å². The number of nitrogens with zero attached hydrogens (tertiary/aromatic N) is 1. The Morgan fingerprint density at radius 1 is 1.38 bits per heavy atom. The van der Waals surface area contributed by atoms with E-state index in [0.717, 1.165) is 50.4 Å². The van der Waals surface area contributed by atoms with Crippen LogP contribution in [0.5, 0.6) is 0 Å². The van der Waals surface area contributed by atoms with Gasteiger partial charge in [0.05, 0.1) is 5.92 Å². The van der Waals surface area contributed by atoms with Crippen molar-refractivity contribution in [1.82, 2.24) is 10.2 Å². The maximum atomic E-state index is 12.1. The Hall–Kier alpha value is -1.00. The summed E-state index contributed by atoms with van der Waals surface area (Å²) in [6, 6.07) is 10.5. The summed E-state index contributed by atoms with van der Waals surface area (Å²) in [5, 5.41) is 3.09. The lowest BCUT2D eigenvalue weighted by Crippen LogP contribution is -2.41. The van der Waals surface area contributed by atoms with E-state index in [1.807, 2.05) is 17.8 Å². The van der Waals surface area contributed by atoms with Crippen LogP contribution in [0.15, 0.2) is 30.3 Å². The highest BCUT2D eigenvalue weighted by molar-refractivity contribution is 7.98. The van der Waals surface area contributed by atoms with Crippen molar-refractivity contribution >= 4 is 17.7 Å². The van der Waals surface area contributed by atoms with Crippen LogP contribution in [0.1, 0.15) is 24.8 Å². The van der Waals surface area contributed by atoms with Gasteiger partial charge in [-0.3, -0.25) is 4.79 Å². The molecule has 1 heterocycles. The van der Waals surface area contributed by atoms with Crippen LogP contribution >= 0.6 is 11.8 Å². The highest BCUT2D eigenvalue weighted by Gasteiger charge is 2.23. The standard InChI is InChI=1S/C17H26N2OS/c1-19-11-5-9-16(13-19)17(20)18-10-6-12-21-14-15-7-3-2-4-8-15/h2-4,7-8,16H,5-6,9-14H2,1H3,(H,18,20). The summed E-state index contributed by atoms with van der Waals surface area (Å²) in [5.74, 6) is 2.59. The number of benzene rings is 1. The predicted octanol–water partition coefficient (Wildman–Crippen LogP) is 2.77. The number of hydrogen-bond acceptors (Lipinski definition) is 3. The van der Waals surface area contributed by atoms with Crippen molar-refractivity contribution in [2.45, 2.75) is 25.0 Å². The van der Waals surface area contributed by atoms with Gasteiger partial charge < -0.3 is 10.2 Å². The number of carbonyl (C=O) groups excluding carboxylic acids is 1. The van der Waals surface area contributed by atoms with Crippen LogP contribution in [0.4, 0.5) is 0 Å². The van der Waals surface area contributed by atoms with E-state index in [0.29, 0.717) is 0 Å². The lowest BCUT2D eigenvalue weighted by atomic mass is 9.98. The van der Waals surface area contributed by atoms with Crippen molar-refractivity contribution in [1.29, 1.82) is 0 Å². The third-order valence-corrected chi connectivity index (χ3v) is 4.99. The van der Waals surface area contributed by atoms with Crippen LogP contribution in [0.25, 0.3) is 0 Å². The second-order valence-corrected chi connectivity index (χ2v) is 6.89. The summed E-state index contributed by atoms with van der Waals surface area (Å²) < 4.78 is 0. The molecule has 4 heteroatoms. The molecule has 1 aromatic rings. The molecule has 0 aromatic heterocycles. The molecule has 3 nitrogen and oxygen atoms in total. The lowest BCUT2D eigenvalue weighted by Gasteiger charge is -2.28. The van der Waals surface area contributed by atoms with Gasteiger partial charge in [0.15, 0.2) is 0 Å². The van der Waals surface area contributed by atoms with Crippen LogP contribution < -0.4 is 5.32 Å². The van der Waals surface area contributed by atoms with Crippen LogP contribution in [-0.4, -0.2) is 43.2 Å². The van der Waals surface area contributed by atoms with Crippen molar-refractivity contribution in [3.8, 4) is 0 Å². The molecule has 1 N–H and O–H groups in total. The molecule has 21 heavy (non-hydrogen) atoms. The third-order valence-electron chi connectivity index (χ3n) is 3.87. The predicted molar refractivity (Wildman–Crippen MR) is 90.5 cm³/mol. The smallest absolute Gasteiger partial charge is 0.224 e. The van der Waals surface area contributed by atoms with Crippen molar-refractivity contribution in [2.75, 3.05) is 32.4 Å². The third kappa shape index (κ3) is 6.10. The number of nitrogens with one attached hydrogen (secondary N) is 1. The first-order chi connectivity index (χ1) is 10.3.